The van der Waals surface area contributed by atoms with Gasteiger partial charge in [-0.3, -0.25) is 0 Å². The molecule has 0 saturated carbocycles. The fourth-order valence-electron chi connectivity index (χ4n) is 1.81. The van der Waals surface area contributed by atoms with Gasteiger partial charge in [0, 0.05) is 13.2 Å². The van der Waals surface area contributed by atoms with Crippen molar-refractivity contribution < 1.29 is 9.13 Å². The van der Waals surface area contributed by atoms with Gasteiger partial charge in [-0.25, -0.2) is 4.39 Å². The van der Waals surface area contributed by atoms with E-state index in [1.54, 1.807) is 13.2 Å². The van der Waals surface area contributed by atoms with Crippen LogP contribution in [0, 0.1) is 5.82 Å². The van der Waals surface area contributed by atoms with Crippen molar-refractivity contribution in [2.24, 2.45) is 0 Å². The van der Waals surface area contributed by atoms with Gasteiger partial charge >= 0.3 is 0 Å². The number of likely N-dealkylation sites (N-methyl/N-ethyl adjacent to an activating group) is 1. The molecule has 0 aliphatic carbocycles. The summed E-state index contributed by atoms with van der Waals surface area (Å²) < 4.78 is 18.4. The number of methoxy groups -OCH3 is 1. The smallest absolute Gasteiger partial charge is 0.142 e. The summed E-state index contributed by atoms with van der Waals surface area (Å²) in [5.41, 5.74) is 0.852. The number of rotatable bonds is 7. The van der Waals surface area contributed by atoms with Crippen LogP contribution in [-0.4, -0.2) is 26.3 Å². The van der Waals surface area contributed by atoms with Crippen LogP contribution in [-0.2, 0) is 11.2 Å². The number of aryl methyl sites for hydroxylation is 1. The van der Waals surface area contributed by atoms with Crippen molar-refractivity contribution in [2.45, 2.75) is 25.8 Å². The average Bonchev–Trinajstić information content (AvgIpc) is 2.31. The SMILES string of the molecule is CCNC(CCc1cccc(F)c1Cl)COC. The van der Waals surface area contributed by atoms with E-state index in [4.69, 9.17) is 16.3 Å². The van der Waals surface area contributed by atoms with Crippen LogP contribution in [0.1, 0.15) is 18.9 Å². The van der Waals surface area contributed by atoms with Crippen LogP contribution < -0.4 is 5.32 Å². The molecule has 0 spiro atoms. The number of hydrogen-bond acceptors (Lipinski definition) is 2. The Kier molecular flexibility index (Phi) is 6.48. The van der Waals surface area contributed by atoms with Crippen molar-refractivity contribution in [3.8, 4) is 0 Å². The lowest BCUT2D eigenvalue weighted by Crippen LogP contribution is -2.33. The van der Waals surface area contributed by atoms with E-state index < -0.39 is 0 Å². The van der Waals surface area contributed by atoms with E-state index in [0.29, 0.717) is 6.61 Å². The molecule has 0 fully saturated rings. The third-order valence-corrected chi connectivity index (χ3v) is 3.08. The minimum Gasteiger partial charge on any atom is -0.383 e. The number of halogens is 2. The largest absolute Gasteiger partial charge is 0.383 e. The number of hydrogen-bond donors (Lipinski definition) is 1. The Morgan fingerprint density at radius 2 is 2.24 bits per heavy atom. The molecule has 4 heteroatoms. The molecule has 0 radical (unpaired) electrons. The van der Waals surface area contributed by atoms with Gasteiger partial charge in [0.15, 0.2) is 0 Å². The molecule has 0 aromatic heterocycles. The van der Waals surface area contributed by atoms with Crippen LogP contribution in [0.5, 0.6) is 0 Å². The van der Waals surface area contributed by atoms with Gasteiger partial charge in [0.25, 0.3) is 0 Å². The lowest BCUT2D eigenvalue weighted by atomic mass is 10.1. The Hall–Kier alpha value is -0.640. The van der Waals surface area contributed by atoms with Gasteiger partial charge in [-0.15, -0.1) is 0 Å². The van der Waals surface area contributed by atoms with Gasteiger partial charge in [-0.2, -0.15) is 0 Å². The molecule has 1 N–H and O–H groups in total. The summed E-state index contributed by atoms with van der Waals surface area (Å²) in [7, 11) is 1.68. The zero-order valence-corrected chi connectivity index (χ0v) is 11.1. The number of nitrogens with one attached hydrogen (secondary N) is 1. The van der Waals surface area contributed by atoms with Crippen LogP contribution in [0.4, 0.5) is 4.39 Å². The summed E-state index contributed by atoms with van der Waals surface area (Å²) in [6, 6.07) is 5.21. The fourth-order valence-corrected chi connectivity index (χ4v) is 2.03. The number of ether oxygens (including phenoxy) is 1. The van der Waals surface area contributed by atoms with Crippen LogP contribution in [0.15, 0.2) is 18.2 Å². The van der Waals surface area contributed by atoms with Crippen LogP contribution >= 0.6 is 11.6 Å². The normalized spacial score (nSPS) is 12.7. The Morgan fingerprint density at radius 1 is 1.47 bits per heavy atom. The first-order valence-corrected chi connectivity index (χ1v) is 6.22. The zero-order valence-electron chi connectivity index (χ0n) is 10.3. The summed E-state index contributed by atoms with van der Waals surface area (Å²) in [5, 5.41) is 3.56. The molecule has 0 amide bonds. The summed E-state index contributed by atoms with van der Waals surface area (Å²) >= 11 is 5.90. The molecule has 0 saturated heterocycles. The predicted octanol–water partition coefficient (Wildman–Crippen LogP) is 3.04. The third-order valence-electron chi connectivity index (χ3n) is 2.65. The zero-order chi connectivity index (χ0) is 12.7. The molecule has 1 aromatic carbocycles. The highest BCUT2D eigenvalue weighted by Gasteiger charge is 2.10. The molecular formula is C13H19ClFNO. The second-order valence-electron chi connectivity index (χ2n) is 3.96. The monoisotopic (exact) mass is 259 g/mol. The highest BCUT2D eigenvalue weighted by molar-refractivity contribution is 6.31. The Bertz CT molecular complexity index is 340. The molecular weight excluding hydrogens is 241 g/mol. The van der Waals surface area contributed by atoms with Crippen LogP contribution in [0.25, 0.3) is 0 Å². The second-order valence-corrected chi connectivity index (χ2v) is 4.34. The van der Waals surface area contributed by atoms with Crippen molar-refractivity contribution in [3.63, 3.8) is 0 Å². The topological polar surface area (TPSA) is 21.3 Å². The van der Waals surface area contributed by atoms with E-state index in [9.17, 15) is 4.39 Å². The van der Waals surface area contributed by atoms with Gasteiger partial charge in [0.2, 0.25) is 0 Å². The Morgan fingerprint density at radius 3 is 2.88 bits per heavy atom. The van der Waals surface area contributed by atoms with Gasteiger partial charge in [0.1, 0.15) is 5.82 Å². The highest BCUT2D eigenvalue weighted by atomic mass is 35.5. The van der Waals surface area contributed by atoms with E-state index in [1.165, 1.54) is 6.07 Å². The van der Waals surface area contributed by atoms with Crippen LogP contribution in [0.2, 0.25) is 5.02 Å². The van der Waals surface area contributed by atoms with Gasteiger partial charge in [-0.1, -0.05) is 30.7 Å². The molecule has 1 aromatic rings. The summed E-state index contributed by atoms with van der Waals surface area (Å²) in [6.07, 6.45) is 1.63. The van der Waals surface area contributed by atoms with Gasteiger partial charge < -0.3 is 10.1 Å². The standard InChI is InChI=1S/C13H19ClFNO/c1-3-16-11(9-17-2)8-7-10-5-4-6-12(15)13(10)14/h4-6,11,16H,3,7-9H2,1-2H3. The fraction of sp³-hybridized carbons (Fsp3) is 0.538. The minimum atomic E-state index is -0.351. The molecule has 2 nitrogen and oxygen atoms in total. The highest BCUT2D eigenvalue weighted by Crippen LogP contribution is 2.21. The summed E-state index contributed by atoms with van der Waals surface area (Å²) in [6.45, 7) is 3.60. The summed E-state index contributed by atoms with van der Waals surface area (Å²) in [4.78, 5) is 0. The third kappa shape index (κ3) is 4.62. The minimum absolute atomic E-state index is 0.236. The molecule has 0 heterocycles. The summed E-state index contributed by atoms with van der Waals surface area (Å²) in [5.74, 6) is -0.351. The maximum Gasteiger partial charge on any atom is 0.142 e. The number of benzene rings is 1. The first kappa shape index (κ1) is 14.4. The van der Waals surface area contributed by atoms with Crippen molar-refractivity contribution in [3.05, 3.63) is 34.6 Å². The molecule has 1 rings (SSSR count). The molecule has 0 bridgehead atoms. The van der Waals surface area contributed by atoms with E-state index in [-0.39, 0.29) is 16.9 Å². The molecule has 1 atom stereocenters. The van der Waals surface area contributed by atoms with E-state index >= 15 is 0 Å². The Labute approximate surface area is 107 Å². The maximum atomic E-state index is 13.2. The second kappa shape index (κ2) is 7.64. The molecule has 96 valence electrons. The molecule has 0 aliphatic heterocycles. The van der Waals surface area contributed by atoms with Gasteiger partial charge in [-0.05, 0) is 31.0 Å². The molecule has 0 aliphatic rings. The predicted molar refractivity (Wildman–Crippen MR) is 69.1 cm³/mol. The van der Waals surface area contributed by atoms with Crippen molar-refractivity contribution in [1.29, 1.82) is 0 Å². The van der Waals surface area contributed by atoms with Crippen molar-refractivity contribution >= 4 is 11.6 Å². The van der Waals surface area contributed by atoms with E-state index in [1.807, 2.05) is 6.07 Å². The molecule has 17 heavy (non-hydrogen) atoms. The lowest BCUT2D eigenvalue weighted by Gasteiger charge is -2.17. The first-order valence-electron chi connectivity index (χ1n) is 5.84. The molecule has 1 unspecified atom stereocenters. The van der Waals surface area contributed by atoms with Crippen molar-refractivity contribution in [1.82, 2.24) is 5.32 Å². The van der Waals surface area contributed by atoms with E-state index in [2.05, 4.69) is 12.2 Å². The quantitative estimate of drug-likeness (QED) is 0.813. The Balaban J connectivity index is 2.55. The van der Waals surface area contributed by atoms with Crippen LogP contribution in [0.3, 0.4) is 0 Å². The lowest BCUT2D eigenvalue weighted by molar-refractivity contribution is 0.163. The first-order chi connectivity index (χ1) is 8.19. The van der Waals surface area contributed by atoms with Gasteiger partial charge in [0.05, 0.1) is 11.6 Å². The maximum absolute atomic E-state index is 13.2. The van der Waals surface area contributed by atoms with Crippen molar-refractivity contribution in [2.75, 3.05) is 20.3 Å². The average molecular weight is 260 g/mol. The van der Waals surface area contributed by atoms with E-state index in [0.717, 1.165) is 24.9 Å².